The summed E-state index contributed by atoms with van der Waals surface area (Å²) in [7, 11) is 0. The van der Waals surface area contributed by atoms with Crippen molar-refractivity contribution in [1.82, 2.24) is 0 Å². The van der Waals surface area contributed by atoms with Crippen molar-refractivity contribution in [1.29, 1.82) is 0 Å². The molecule has 4 nitrogen and oxygen atoms in total. The molecule has 2 aliphatic rings. The van der Waals surface area contributed by atoms with Gasteiger partial charge in [-0.15, -0.1) is 6.58 Å². The number of carbonyl (C=O) groups excluding carboxylic acids is 2. The number of benzene rings is 1. The third-order valence-corrected chi connectivity index (χ3v) is 4.35. The van der Waals surface area contributed by atoms with Crippen LogP contribution in [0.4, 0.5) is 5.69 Å². The molecular weight excluding hydrogens is 290 g/mol. The number of ether oxygens (including phenoxy) is 1. The van der Waals surface area contributed by atoms with Gasteiger partial charge in [0.15, 0.2) is 11.5 Å². The zero-order valence-electron chi connectivity index (χ0n) is 13.3. The summed E-state index contributed by atoms with van der Waals surface area (Å²) in [6, 6.07) is 9.51. The summed E-state index contributed by atoms with van der Waals surface area (Å²) >= 11 is 0. The van der Waals surface area contributed by atoms with Crippen LogP contribution in [0.15, 0.2) is 54.6 Å². The van der Waals surface area contributed by atoms with Gasteiger partial charge in [-0.25, -0.2) is 0 Å². The molecule has 1 spiro atoms. The highest BCUT2D eigenvalue weighted by atomic mass is 16.5. The molecule has 0 bridgehead atoms. The van der Waals surface area contributed by atoms with Crippen LogP contribution < -0.4 is 4.90 Å². The molecule has 120 valence electrons. The van der Waals surface area contributed by atoms with Crippen molar-refractivity contribution >= 4 is 17.4 Å². The van der Waals surface area contributed by atoms with Gasteiger partial charge in [-0.3, -0.25) is 14.5 Å². The lowest BCUT2D eigenvalue weighted by Crippen LogP contribution is -2.61. The average molecular weight is 311 g/mol. The van der Waals surface area contributed by atoms with Gasteiger partial charge in [-0.2, -0.15) is 0 Å². The first-order valence-corrected chi connectivity index (χ1v) is 7.91. The van der Waals surface area contributed by atoms with E-state index < -0.39 is 5.72 Å². The minimum atomic E-state index is -0.849. The summed E-state index contributed by atoms with van der Waals surface area (Å²) in [6.07, 6.45) is 4.76. The van der Waals surface area contributed by atoms with Crippen LogP contribution in [-0.2, 0) is 14.3 Å². The highest BCUT2D eigenvalue weighted by Crippen LogP contribution is 2.39. The van der Waals surface area contributed by atoms with Gasteiger partial charge < -0.3 is 4.74 Å². The van der Waals surface area contributed by atoms with Crippen molar-refractivity contribution in [3.8, 4) is 0 Å². The molecule has 1 saturated heterocycles. The van der Waals surface area contributed by atoms with Gasteiger partial charge in [0.2, 0.25) is 5.91 Å². The van der Waals surface area contributed by atoms with E-state index >= 15 is 0 Å². The second kappa shape index (κ2) is 6.13. The van der Waals surface area contributed by atoms with Gasteiger partial charge in [0.1, 0.15) is 0 Å². The normalized spacial score (nSPS) is 27.5. The van der Waals surface area contributed by atoms with Crippen LogP contribution >= 0.6 is 0 Å². The molecule has 4 heteroatoms. The third-order valence-electron chi connectivity index (χ3n) is 4.35. The molecule has 3 rings (SSSR count). The minimum absolute atomic E-state index is 0.0319. The summed E-state index contributed by atoms with van der Waals surface area (Å²) in [6.45, 7) is 6.19. The van der Waals surface area contributed by atoms with E-state index in [9.17, 15) is 9.59 Å². The Hall–Kier alpha value is -2.20. The molecule has 1 amide bonds. The number of nitrogens with zero attached hydrogens (tertiary/aromatic N) is 1. The number of ketones is 1. The molecule has 2 atom stereocenters. The van der Waals surface area contributed by atoms with Crippen molar-refractivity contribution in [3.63, 3.8) is 0 Å². The monoisotopic (exact) mass is 311 g/mol. The zero-order valence-corrected chi connectivity index (χ0v) is 13.3. The molecule has 1 fully saturated rings. The van der Waals surface area contributed by atoms with Crippen molar-refractivity contribution < 1.29 is 14.3 Å². The first kappa shape index (κ1) is 15.7. The number of hydrogen-bond acceptors (Lipinski definition) is 3. The highest BCUT2D eigenvalue weighted by Gasteiger charge is 2.47. The molecule has 1 aromatic rings. The number of rotatable bonds is 3. The molecule has 1 aliphatic heterocycles. The van der Waals surface area contributed by atoms with Crippen LogP contribution in [-0.4, -0.2) is 24.0 Å². The Morgan fingerprint density at radius 1 is 1.35 bits per heavy atom. The smallest absolute Gasteiger partial charge is 0.235 e. The SMILES string of the molecule is C=C(C)CC1COC2(C=CC(=O)CC2)N(c2ccccc2)C1=O. The van der Waals surface area contributed by atoms with E-state index in [1.165, 1.54) is 6.08 Å². The maximum Gasteiger partial charge on any atom is 0.235 e. The maximum absolute atomic E-state index is 13.1. The Labute approximate surface area is 136 Å². The summed E-state index contributed by atoms with van der Waals surface area (Å²) in [5, 5.41) is 0. The van der Waals surface area contributed by atoms with Crippen molar-refractivity contribution in [2.45, 2.75) is 31.9 Å². The molecule has 2 unspecified atom stereocenters. The van der Waals surface area contributed by atoms with Gasteiger partial charge in [-0.05, 0) is 37.6 Å². The van der Waals surface area contributed by atoms with Crippen LogP contribution in [0.25, 0.3) is 0 Å². The molecule has 1 heterocycles. The van der Waals surface area contributed by atoms with Crippen molar-refractivity contribution in [3.05, 3.63) is 54.6 Å². The van der Waals surface area contributed by atoms with E-state index in [0.29, 0.717) is 25.9 Å². The van der Waals surface area contributed by atoms with E-state index in [0.717, 1.165) is 11.3 Å². The fraction of sp³-hybridized carbons (Fsp3) is 0.368. The van der Waals surface area contributed by atoms with Gasteiger partial charge in [0, 0.05) is 18.5 Å². The number of amides is 1. The van der Waals surface area contributed by atoms with E-state index in [-0.39, 0.29) is 17.6 Å². The molecule has 1 aliphatic carbocycles. The molecule has 0 radical (unpaired) electrons. The predicted octanol–water partition coefficient (Wildman–Crippen LogP) is 3.25. The van der Waals surface area contributed by atoms with Crippen LogP contribution in [0.5, 0.6) is 0 Å². The number of carbonyl (C=O) groups is 2. The Balaban J connectivity index is 2.00. The number of para-hydroxylation sites is 1. The van der Waals surface area contributed by atoms with Crippen molar-refractivity contribution in [2.24, 2.45) is 5.92 Å². The lowest BCUT2D eigenvalue weighted by molar-refractivity contribution is -0.144. The Morgan fingerprint density at radius 3 is 2.70 bits per heavy atom. The van der Waals surface area contributed by atoms with E-state index in [2.05, 4.69) is 6.58 Å². The molecule has 1 aromatic carbocycles. The van der Waals surface area contributed by atoms with E-state index in [1.807, 2.05) is 37.3 Å². The fourth-order valence-corrected chi connectivity index (χ4v) is 3.24. The highest BCUT2D eigenvalue weighted by molar-refractivity contribution is 5.99. The second-order valence-corrected chi connectivity index (χ2v) is 6.32. The quantitative estimate of drug-likeness (QED) is 0.805. The third kappa shape index (κ3) is 2.99. The Morgan fingerprint density at radius 2 is 2.09 bits per heavy atom. The van der Waals surface area contributed by atoms with Crippen molar-refractivity contribution in [2.75, 3.05) is 11.5 Å². The maximum atomic E-state index is 13.1. The van der Waals surface area contributed by atoms with Crippen LogP contribution in [0.2, 0.25) is 0 Å². The van der Waals surface area contributed by atoms with E-state index in [1.54, 1.807) is 11.0 Å². The first-order valence-electron chi connectivity index (χ1n) is 7.91. The summed E-state index contributed by atoms with van der Waals surface area (Å²) in [5.41, 5.74) is 0.908. The summed E-state index contributed by atoms with van der Waals surface area (Å²) < 4.78 is 6.13. The van der Waals surface area contributed by atoms with Gasteiger partial charge in [0.25, 0.3) is 0 Å². The second-order valence-electron chi connectivity index (χ2n) is 6.32. The predicted molar refractivity (Wildman–Crippen MR) is 88.9 cm³/mol. The molecule has 0 saturated carbocycles. The Kier molecular flexibility index (Phi) is 4.18. The molecule has 0 N–H and O–H groups in total. The van der Waals surface area contributed by atoms with Gasteiger partial charge in [-0.1, -0.05) is 23.8 Å². The van der Waals surface area contributed by atoms with Crippen LogP contribution in [0, 0.1) is 5.92 Å². The minimum Gasteiger partial charge on any atom is -0.351 e. The molecule has 23 heavy (non-hydrogen) atoms. The topological polar surface area (TPSA) is 46.6 Å². The number of anilines is 1. The number of allylic oxidation sites excluding steroid dienone is 2. The lowest BCUT2D eigenvalue weighted by atomic mass is 9.90. The van der Waals surface area contributed by atoms with Crippen LogP contribution in [0.3, 0.4) is 0 Å². The summed E-state index contributed by atoms with van der Waals surface area (Å²) in [5.74, 6) is -0.127. The molecular formula is C19H21NO3. The lowest BCUT2D eigenvalue weighted by Gasteiger charge is -2.48. The van der Waals surface area contributed by atoms with Gasteiger partial charge in [0.05, 0.1) is 12.5 Å². The zero-order chi connectivity index (χ0) is 16.4. The summed E-state index contributed by atoms with van der Waals surface area (Å²) in [4.78, 5) is 26.4. The van der Waals surface area contributed by atoms with Crippen LogP contribution in [0.1, 0.15) is 26.2 Å². The van der Waals surface area contributed by atoms with E-state index in [4.69, 9.17) is 4.74 Å². The first-order chi connectivity index (χ1) is 11.0. The fourth-order valence-electron chi connectivity index (χ4n) is 3.24. The molecule has 0 aromatic heterocycles. The average Bonchev–Trinajstić information content (AvgIpc) is 2.54. The number of hydrogen-bond donors (Lipinski definition) is 0. The standard InChI is InChI=1S/C19H21NO3/c1-14(2)12-15-13-23-19(10-8-17(21)9-11-19)20(18(15)22)16-6-4-3-5-7-16/h3-8,10,15H,1,9,11-13H2,2H3. The van der Waals surface area contributed by atoms with Gasteiger partial charge >= 0.3 is 0 Å². The Bertz CT molecular complexity index is 664. The largest absolute Gasteiger partial charge is 0.351 e.